The van der Waals surface area contributed by atoms with Gasteiger partial charge in [-0.15, -0.1) is 0 Å². The molecule has 1 fully saturated rings. The largest absolute Gasteiger partial charge is 0.465 e. The Hall–Kier alpha value is -2.93. The fraction of sp³-hybridized carbons (Fsp3) is 0.381. The van der Waals surface area contributed by atoms with Crippen molar-refractivity contribution in [2.75, 3.05) is 13.1 Å². The Morgan fingerprint density at radius 2 is 1.75 bits per heavy atom. The minimum absolute atomic E-state index is 0.0395. The van der Waals surface area contributed by atoms with Gasteiger partial charge in [0.15, 0.2) is 0 Å². The first-order valence-corrected chi connectivity index (χ1v) is 9.51. The molecule has 1 aromatic heterocycles. The quantitative estimate of drug-likeness (QED) is 0.714. The Morgan fingerprint density at radius 1 is 1.07 bits per heavy atom. The second-order valence-electron chi connectivity index (χ2n) is 7.08. The van der Waals surface area contributed by atoms with Gasteiger partial charge < -0.3 is 20.6 Å². The van der Waals surface area contributed by atoms with Crippen LogP contribution in [0, 0.1) is 0 Å². The van der Waals surface area contributed by atoms with Crippen LogP contribution in [-0.2, 0) is 17.9 Å². The van der Waals surface area contributed by atoms with Crippen LogP contribution in [0.25, 0.3) is 11.3 Å². The zero-order chi connectivity index (χ0) is 19.9. The number of piperidine rings is 1. The van der Waals surface area contributed by atoms with Crippen molar-refractivity contribution in [3.05, 3.63) is 53.7 Å². The first-order valence-electron chi connectivity index (χ1n) is 9.51. The predicted octanol–water partition coefficient (Wildman–Crippen LogP) is 2.62. The molecule has 1 aliphatic rings. The second kappa shape index (κ2) is 9.32. The Labute approximate surface area is 164 Å². The van der Waals surface area contributed by atoms with Crippen LogP contribution in [0.15, 0.2) is 42.6 Å². The van der Waals surface area contributed by atoms with E-state index in [2.05, 4.69) is 21.7 Å². The Bertz CT molecular complexity index is 797. The third-order valence-electron chi connectivity index (χ3n) is 4.98. The van der Waals surface area contributed by atoms with E-state index in [-0.39, 0.29) is 5.91 Å². The van der Waals surface area contributed by atoms with Crippen molar-refractivity contribution in [3.8, 4) is 11.3 Å². The lowest BCUT2D eigenvalue weighted by Gasteiger charge is -2.30. The van der Waals surface area contributed by atoms with Gasteiger partial charge in [-0.2, -0.15) is 0 Å². The smallest absolute Gasteiger partial charge is 0.407 e. The number of aromatic nitrogens is 1. The molecule has 0 radical (unpaired) electrons. The summed E-state index contributed by atoms with van der Waals surface area (Å²) in [5, 5.41) is 15.3. The summed E-state index contributed by atoms with van der Waals surface area (Å²) in [6.45, 7) is 3.93. The highest BCUT2D eigenvalue weighted by Crippen LogP contribution is 2.18. The summed E-state index contributed by atoms with van der Waals surface area (Å²) in [7, 11) is 0. The van der Waals surface area contributed by atoms with Gasteiger partial charge in [0, 0.05) is 50.9 Å². The number of carbonyl (C=O) groups excluding carboxylic acids is 1. The van der Waals surface area contributed by atoms with Crippen LogP contribution in [-0.4, -0.2) is 46.1 Å². The maximum absolute atomic E-state index is 11.0. The van der Waals surface area contributed by atoms with E-state index in [0.29, 0.717) is 25.7 Å². The van der Waals surface area contributed by atoms with Gasteiger partial charge in [-0.3, -0.25) is 9.78 Å². The maximum Gasteiger partial charge on any atom is 0.407 e. The summed E-state index contributed by atoms with van der Waals surface area (Å²) in [5.41, 5.74) is 4.09. The summed E-state index contributed by atoms with van der Waals surface area (Å²) < 4.78 is 0. The minimum atomic E-state index is -0.832. The zero-order valence-corrected chi connectivity index (χ0v) is 16.0. The van der Waals surface area contributed by atoms with Crippen LogP contribution in [0.3, 0.4) is 0 Å². The molecule has 2 aromatic rings. The zero-order valence-electron chi connectivity index (χ0n) is 16.0. The molecule has 28 heavy (non-hydrogen) atoms. The van der Waals surface area contributed by atoms with Gasteiger partial charge in [0.05, 0.1) is 5.69 Å². The molecular formula is C21H26N4O3. The lowest BCUT2D eigenvalue weighted by atomic mass is 10.0. The lowest BCUT2D eigenvalue weighted by Crippen LogP contribution is -2.44. The van der Waals surface area contributed by atoms with E-state index in [4.69, 9.17) is 5.11 Å². The molecule has 0 atom stereocenters. The lowest BCUT2D eigenvalue weighted by molar-refractivity contribution is -0.119. The van der Waals surface area contributed by atoms with E-state index < -0.39 is 6.09 Å². The highest BCUT2D eigenvalue weighted by atomic mass is 16.4. The van der Waals surface area contributed by atoms with Gasteiger partial charge >= 0.3 is 6.09 Å². The van der Waals surface area contributed by atoms with Crippen molar-refractivity contribution in [2.24, 2.45) is 0 Å². The fourth-order valence-corrected chi connectivity index (χ4v) is 3.26. The summed E-state index contributed by atoms with van der Waals surface area (Å²) in [5.74, 6) is -0.0395. The third-order valence-corrected chi connectivity index (χ3v) is 4.98. The van der Waals surface area contributed by atoms with Gasteiger partial charge in [0.1, 0.15) is 0 Å². The molecule has 0 aliphatic carbocycles. The number of rotatable bonds is 6. The van der Waals surface area contributed by atoms with Crippen molar-refractivity contribution in [3.63, 3.8) is 0 Å². The topological polar surface area (TPSA) is 94.6 Å². The Morgan fingerprint density at radius 3 is 2.32 bits per heavy atom. The number of benzene rings is 1. The molecule has 3 N–H and O–H groups in total. The normalized spacial score (nSPS) is 14.7. The maximum atomic E-state index is 11.0. The van der Waals surface area contributed by atoms with Gasteiger partial charge in [0.25, 0.3) is 0 Å². The van der Waals surface area contributed by atoms with E-state index in [1.54, 1.807) is 0 Å². The van der Waals surface area contributed by atoms with E-state index in [0.717, 1.165) is 41.8 Å². The average molecular weight is 382 g/mol. The van der Waals surface area contributed by atoms with E-state index in [1.807, 2.05) is 36.5 Å². The van der Waals surface area contributed by atoms with Crippen molar-refractivity contribution < 1.29 is 14.7 Å². The number of amides is 2. The number of pyridine rings is 1. The summed E-state index contributed by atoms with van der Waals surface area (Å²) in [6.07, 6.45) is 2.71. The molecule has 2 amide bonds. The molecule has 1 aromatic carbocycles. The van der Waals surface area contributed by atoms with E-state index in [9.17, 15) is 9.59 Å². The number of hydrogen-bond acceptors (Lipinski definition) is 4. The Kier molecular flexibility index (Phi) is 6.60. The van der Waals surface area contributed by atoms with Crippen molar-refractivity contribution in [1.29, 1.82) is 0 Å². The molecule has 2 heterocycles. The third kappa shape index (κ3) is 5.53. The molecule has 7 nitrogen and oxygen atoms in total. The van der Waals surface area contributed by atoms with Crippen LogP contribution in [0.2, 0.25) is 0 Å². The van der Waals surface area contributed by atoms with E-state index >= 15 is 0 Å². The molecular weight excluding hydrogens is 356 g/mol. The molecule has 0 bridgehead atoms. The van der Waals surface area contributed by atoms with Crippen LogP contribution in [0.5, 0.6) is 0 Å². The second-order valence-corrected chi connectivity index (χ2v) is 7.08. The van der Waals surface area contributed by atoms with Crippen LogP contribution in [0.1, 0.15) is 30.9 Å². The number of likely N-dealkylation sites (tertiary alicyclic amines) is 1. The Balaban J connectivity index is 1.49. The van der Waals surface area contributed by atoms with Gasteiger partial charge in [-0.25, -0.2) is 4.79 Å². The van der Waals surface area contributed by atoms with Crippen molar-refractivity contribution in [1.82, 2.24) is 20.5 Å². The number of carbonyl (C=O) groups is 2. The van der Waals surface area contributed by atoms with E-state index in [1.165, 1.54) is 11.8 Å². The minimum Gasteiger partial charge on any atom is -0.465 e. The fourth-order valence-electron chi connectivity index (χ4n) is 3.26. The molecule has 148 valence electrons. The first-order chi connectivity index (χ1) is 13.5. The average Bonchev–Trinajstić information content (AvgIpc) is 2.72. The molecule has 0 saturated carbocycles. The summed E-state index contributed by atoms with van der Waals surface area (Å²) in [4.78, 5) is 28.0. The monoisotopic (exact) mass is 382 g/mol. The molecule has 7 heteroatoms. The molecule has 0 unspecified atom stereocenters. The van der Waals surface area contributed by atoms with Crippen molar-refractivity contribution in [2.45, 2.75) is 38.9 Å². The molecule has 0 spiro atoms. The predicted molar refractivity (Wildman–Crippen MR) is 107 cm³/mol. The van der Waals surface area contributed by atoms with Crippen LogP contribution in [0.4, 0.5) is 4.79 Å². The highest BCUT2D eigenvalue weighted by molar-refractivity contribution is 5.72. The molecule has 1 aliphatic heterocycles. The standard InChI is InChI=1S/C21H26N4O3/c1-15(26)22-12-16-2-5-18(6-3-16)20-7-4-17(14-24-20)13-23-19-8-10-25(11-9-19)21(27)28/h2-7,14,19,23H,8-13H2,1H3,(H,22,26)(H,27,28). The molecule has 1 saturated heterocycles. The van der Waals surface area contributed by atoms with Crippen LogP contribution >= 0.6 is 0 Å². The van der Waals surface area contributed by atoms with Gasteiger partial charge in [0.2, 0.25) is 5.91 Å². The van der Waals surface area contributed by atoms with Gasteiger partial charge in [-0.05, 0) is 30.0 Å². The van der Waals surface area contributed by atoms with Crippen LogP contribution < -0.4 is 10.6 Å². The van der Waals surface area contributed by atoms with Gasteiger partial charge in [-0.1, -0.05) is 30.3 Å². The SMILES string of the molecule is CC(=O)NCc1ccc(-c2ccc(CNC3CCN(C(=O)O)CC3)cn2)cc1. The number of carboxylic acid groups (broad SMARTS) is 1. The number of nitrogens with one attached hydrogen (secondary N) is 2. The number of nitrogens with zero attached hydrogens (tertiary/aromatic N) is 2. The highest BCUT2D eigenvalue weighted by Gasteiger charge is 2.21. The van der Waals surface area contributed by atoms with Crippen molar-refractivity contribution >= 4 is 12.0 Å². The summed E-state index contributed by atoms with van der Waals surface area (Å²) in [6, 6.07) is 12.4. The molecule has 3 rings (SSSR count). The number of hydrogen-bond donors (Lipinski definition) is 3. The summed E-state index contributed by atoms with van der Waals surface area (Å²) >= 11 is 0. The first kappa shape index (κ1) is 19.8.